The van der Waals surface area contributed by atoms with Crippen molar-refractivity contribution in [2.75, 3.05) is 6.61 Å². The highest BCUT2D eigenvalue weighted by molar-refractivity contribution is 6.30. The summed E-state index contributed by atoms with van der Waals surface area (Å²) in [6.07, 6.45) is 0.888. The fourth-order valence-corrected chi connectivity index (χ4v) is 2.01. The first kappa shape index (κ1) is 10.5. The van der Waals surface area contributed by atoms with Crippen LogP contribution in [0, 0.1) is 5.92 Å². The van der Waals surface area contributed by atoms with Crippen LogP contribution >= 0.6 is 11.6 Å². The van der Waals surface area contributed by atoms with E-state index in [1.54, 1.807) is 0 Å². The second-order valence-electron chi connectivity index (χ2n) is 3.76. The Bertz CT molecular complexity index is 376. The maximum atomic E-state index is 11.4. The Labute approximate surface area is 94.2 Å². The Morgan fingerprint density at radius 1 is 1.60 bits per heavy atom. The van der Waals surface area contributed by atoms with Crippen LogP contribution in [0.1, 0.15) is 24.8 Å². The van der Waals surface area contributed by atoms with Gasteiger partial charge in [0.15, 0.2) is 0 Å². The van der Waals surface area contributed by atoms with Gasteiger partial charge in [-0.05, 0) is 37.0 Å². The monoisotopic (exact) mass is 224 g/mol. The second kappa shape index (κ2) is 4.23. The third-order valence-electron chi connectivity index (χ3n) is 2.66. The van der Waals surface area contributed by atoms with Gasteiger partial charge in [-0.15, -0.1) is 0 Å². The zero-order valence-electron chi connectivity index (χ0n) is 8.57. The lowest BCUT2D eigenvalue weighted by Gasteiger charge is -2.01. The van der Waals surface area contributed by atoms with Gasteiger partial charge >= 0.3 is 5.97 Å². The largest absolute Gasteiger partial charge is 0.466 e. The molecule has 1 saturated carbocycles. The van der Waals surface area contributed by atoms with Gasteiger partial charge in [0.1, 0.15) is 0 Å². The van der Waals surface area contributed by atoms with E-state index in [-0.39, 0.29) is 11.9 Å². The van der Waals surface area contributed by atoms with Gasteiger partial charge in [-0.25, -0.2) is 0 Å². The molecule has 0 bridgehead atoms. The van der Waals surface area contributed by atoms with Crippen LogP contribution in [-0.4, -0.2) is 12.6 Å². The Balaban J connectivity index is 2.01. The molecule has 0 amide bonds. The fourth-order valence-electron chi connectivity index (χ4n) is 1.81. The van der Waals surface area contributed by atoms with E-state index in [9.17, 15) is 4.79 Å². The number of rotatable bonds is 3. The summed E-state index contributed by atoms with van der Waals surface area (Å²) < 4.78 is 4.98. The molecule has 15 heavy (non-hydrogen) atoms. The van der Waals surface area contributed by atoms with E-state index in [0.29, 0.717) is 12.5 Å². The highest BCUT2D eigenvalue weighted by atomic mass is 35.5. The number of ether oxygens (including phenoxy) is 1. The van der Waals surface area contributed by atoms with Crippen LogP contribution in [0.5, 0.6) is 0 Å². The molecular weight excluding hydrogens is 212 g/mol. The average Bonchev–Trinajstić information content (AvgIpc) is 2.97. The average molecular weight is 225 g/mol. The first-order valence-electron chi connectivity index (χ1n) is 5.14. The van der Waals surface area contributed by atoms with Gasteiger partial charge < -0.3 is 4.74 Å². The molecule has 1 aliphatic carbocycles. The minimum absolute atomic E-state index is 0.0448. The zero-order chi connectivity index (χ0) is 10.8. The molecule has 0 saturated heterocycles. The van der Waals surface area contributed by atoms with Crippen molar-refractivity contribution in [1.29, 1.82) is 0 Å². The standard InChI is InChI=1S/C12H13ClO2/c1-2-15-12(14)11-7-10(11)8-4-3-5-9(13)6-8/h3-6,10-11H,2,7H2,1H3/t10-,11-/m0/s1. The van der Waals surface area contributed by atoms with Crippen molar-refractivity contribution in [2.24, 2.45) is 5.92 Å². The number of carbonyl (C=O) groups excluding carboxylic acids is 1. The maximum absolute atomic E-state index is 11.4. The summed E-state index contributed by atoms with van der Waals surface area (Å²) in [6, 6.07) is 7.69. The Hall–Kier alpha value is -1.02. The van der Waals surface area contributed by atoms with Crippen LogP contribution in [0.2, 0.25) is 5.02 Å². The van der Waals surface area contributed by atoms with Crippen LogP contribution in [0.15, 0.2) is 24.3 Å². The van der Waals surface area contributed by atoms with Crippen LogP contribution in [0.25, 0.3) is 0 Å². The first-order chi connectivity index (χ1) is 7.22. The summed E-state index contributed by atoms with van der Waals surface area (Å²) in [6.45, 7) is 2.28. The molecule has 2 rings (SSSR count). The molecule has 80 valence electrons. The molecule has 1 fully saturated rings. The molecule has 1 aromatic carbocycles. The summed E-state index contributed by atoms with van der Waals surface area (Å²) in [7, 11) is 0. The van der Waals surface area contributed by atoms with E-state index >= 15 is 0 Å². The molecular formula is C12H13ClO2. The number of hydrogen-bond acceptors (Lipinski definition) is 2. The number of carbonyl (C=O) groups is 1. The van der Waals surface area contributed by atoms with Crippen molar-refractivity contribution >= 4 is 17.6 Å². The van der Waals surface area contributed by atoms with Crippen molar-refractivity contribution in [3.8, 4) is 0 Å². The molecule has 2 nitrogen and oxygen atoms in total. The molecule has 0 N–H and O–H groups in total. The number of hydrogen-bond donors (Lipinski definition) is 0. The highest BCUT2D eigenvalue weighted by Gasteiger charge is 2.45. The normalized spacial score (nSPS) is 23.6. The van der Waals surface area contributed by atoms with E-state index < -0.39 is 0 Å². The molecule has 2 atom stereocenters. The quantitative estimate of drug-likeness (QED) is 0.738. The van der Waals surface area contributed by atoms with E-state index in [2.05, 4.69) is 0 Å². The lowest BCUT2D eigenvalue weighted by molar-refractivity contribution is -0.144. The SMILES string of the molecule is CCOC(=O)[C@H]1C[C@H]1c1cccc(Cl)c1. The topological polar surface area (TPSA) is 26.3 Å². The second-order valence-corrected chi connectivity index (χ2v) is 4.19. The number of esters is 1. The predicted molar refractivity (Wildman–Crippen MR) is 58.9 cm³/mol. The molecule has 0 unspecified atom stereocenters. The Kier molecular flexibility index (Phi) is 2.96. The summed E-state index contributed by atoms with van der Waals surface area (Å²) in [5.74, 6) is 0.272. The van der Waals surface area contributed by atoms with Crippen LogP contribution < -0.4 is 0 Å². The summed E-state index contributed by atoms with van der Waals surface area (Å²) in [4.78, 5) is 11.4. The van der Waals surface area contributed by atoms with Gasteiger partial charge in [0, 0.05) is 5.02 Å². The van der Waals surface area contributed by atoms with E-state index in [1.165, 1.54) is 0 Å². The van der Waals surface area contributed by atoms with Crippen molar-refractivity contribution in [3.05, 3.63) is 34.9 Å². The third-order valence-corrected chi connectivity index (χ3v) is 2.89. The van der Waals surface area contributed by atoms with Gasteiger partial charge in [-0.1, -0.05) is 23.7 Å². The maximum Gasteiger partial charge on any atom is 0.309 e. The molecule has 0 spiro atoms. The Morgan fingerprint density at radius 2 is 2.40 bits per heavy atom. The van der Waals surface area contributed by atoms with E-state index in [4.69, 9.17) is 16.3 Å². The van der Waals surface area contributed by atoms with Crippen molar-refractivity contribution < 1.29 is 9.53 Å². The predicted octanol–water partition coefficient (Wildman–Crippen LogP) is 3.01. The summed E-state index contributed by atoms with van der Waals surface area (Å²) >= 11 is 5.89. The Morgan fingerprint density at radius 3 is 3.07 bits per heavy atom. The van der Waals surface area contributed by atoms with Crippen molar-refractivity contribution in [1.82, 2.24) is 0 Å². The van der Waals surface area contributed by atoms with Gasteiger partial charge in [0.05, 0.1) is 12.5 Å². The molecule has 0 heterocycles. The lowest BCUT2D eigenvalue weighted by Crippen LogP contribution is -2.07. The molecule has 3 heteroatoms. The number of benzene rings is 1. The van der Waals surface area contributed by atoms with Gasteiger partial charge in [-0.3, -0.25) is 4.79 Å². The lowest BCUT2D eigenvalue weighted by atomic mass is 10.1. The van der Waals surface area contributed by atoms with Crippen molar-refractivity contribution in [3.63, 3.8) is 0 Å². The molecule has 0 radical (unpaired) electrons. The van der Waals surface area contributed by atoms with Gasteiger partial charge in [-0.2, -0.15) is 0 Å². The van der Waals surface area contributed by atoms with Crippen molar-refractivity contribution in [2.45, 2.75) is 19.3 Å². The molecule has 0 aliphatic heterocycles. The minimum Gasteiger partial charge on any atom is -0.466 e. The fraction of sp³-hybridized carbons (Fsp3) is 0.417. The highest BCUT2D eigenvalue weighted by Crippen LogP contribution is 2.48. The van der Waals surface area contributed by atoms with E-state index in [0.717, 1.165) is 17.0 Å². The summed E-state index contributed by atoms with van der Waals surface area (Å²) in [5.41, 5.74) is 1.14. The van der Waals surface area contributed by atoms with Crippen LogP contribution in [-0.2, 0) is 9.53 Å². The van der Waals surface area contributed by atoms with Gasteiger partial charge in [0.2, 0.25) is 0 Å². The molecule has 0 aromatic heterocycles. The summed E-state index contributed by atoms with van der Waals surface area (Å²) in [5, 5.41) is 0.724. The third kappa shape index (κ3) is 2.32. The molecule has 1 aliphatic rings. The smallest absolute Gasteiger partial charge is 0.309 e. The van der Waals surface area contributed by atoms with Crippen LogP contribution in [0.3, 0.4) is 0 Å². The first-order valence-corrected chi connectivity index (χ1v) is 5.52. The van der Waals surface area contributed by atoms with Crippen LogP contribution in [0.4, 0.5) is 0 Å². The molecule has 1 aromatic rings. The zero-order valence-corrected chi connectivity index (χ0v) is 9.33. The minimum atomic E-state index is -0.0810. The van der Waals surface area contributed by atoms with E-state index in [1.807, 2.05) is 31.2 Å². The van der Waals surface area contributed by atoms with Gasteiger partial charge in [0.25, 0.3) is 0 Å². The number of halogens is 1.